The molecule has 162 valence electrons. The number of aliphatic imine (C=N–C) groups is 1. The van der Waals surface area contributed by atoms with Crippen LogP contribution in [0.4, 0.5) is 5.00 Å². The molecule has 0 aliphatic heterocycles. The van der Waals surface area contributed by atoms with Crippen molar-refractivity contribution >= 4 is 22.2 Å². The van der Waals surface area contributed by atoms with Gasteiger partial charge in [0.25, 0.3) is 0 Å². The number of hydrogen-bond acceptors (Lipinski definition) is 4. The fourth-order valence-corrected chi connectivity index (χ4v) is 6.31. The molecule has 0 radical (unpaired) electrons. The van der Waals surface area contributed by atoms with Crippen LogP contribution in [0.1, 0.15) is 60.1 Å². The summed E-state index contributed by atoms with van der Waals surface area (Å²) in [5.41, 5.74) is 10.5. The Labute approximate surface area is 185 Å². The van der Waals surface area contributed by atoms with Crippen LogP contribution in [0.15, 0.2) is 35.3 Å². The molecular weight excluding hydrogens is 388 g/mol. The molecule has 2 aliphatic rings. The highest BCUT2D eigenvalue weighted by Gasteiger charge is 2.28. The van der Waals surface area contributed by atoms with Crippen molar-refractivity contribution in [1.29, 1.82) is 0 Å². The third-order valence-electron chi connectivity index (χ3n) is 6.89. The van der Waals surface area contributed by atoms with Crippen molar-refractivity contribution in [3.8, 4) is 0 Å². The van der Waals surface area contributed by atoms with Crippen molar-refractivity contribution < 1.29 is 0 Å². The van der Waals surface area contributed by atoms with Crippen LogP contribution in [0.25, 0.3) is 0 Å². The first kappa shape index (κ1) is 21.4. The van der Waals surface area contributed by atoms with Gasteiger partial charge >= 0.3 is 0 Å². The van der Waals surface area contributed by atoms with Gasteiger partial charge in [-0.2, -0.15) is 0 Å². The van der Waals surface area contributed by atoms with Crippen molar-refractivity contribution in [3.05, 3.63) is 51.9 Å². The number of fused-ring (bicyclic) bond motifs is 1. The lowest BCUT2D eigenvalue weighted by Gasteiger charge is -2.35. The summed E-state index contributed by atoms with van der Waals surface area (Å²) >= 11 is 1.77. The van der Waals surface area contributed by atoms with E-state index in [0.717, 1.165) is 17.3 Å². The number of nitrogens with one attached hydrogen (secondary N) is 1. The Kier molecular flexibility index (Phi) is 7.11. The number of benzene rings is 1. The number of amidine groups is 1. The van der Waals surface area contributed by atoms with E-state index in [-0.39, 0.29) is 0 Å². The first-order chi connectivity index (χ1) is 14.7. The Morgan fingerprint density at radius 2 is 1.93 bits per heavy atom. The van der Waals surface area contributed by atoms with E-state index in [4.69, 9.17) is 5.73 Å². The Morgan fingerprint density at radius 1 is 1.17 bits per heavy atom. The molecule has 0 saturated heterocycles. The third kappa shape index (κ3) is 4.89. The number of rotatable bonds is 7. The molecule has 0 atom stereocenters. The third-order valence-corrected chi connectivity index (χ3v) is 8.01. The molecule has 5 heteroatoms. The quantitative estimate of drug-likeness (QED) is 0.502. The van der Waals surface area contributed by atoms with Gasteiger partial charge in [0.15, 0.2) is 0 Å². The summed E-state index contributed by atoms with van der Waals surface area (Å²) < 4.78 is 0. The zero-order valence-corrected chi connectivity index (χ0v) is 19.3. The van der Waals surface area contributed by atoms with E-state index in [1.807, 2.05) is 7.05 Å². The van der Waals surface area contributed by atoms with Crippen molar-refractivity contribution in [2.24, 2.45) is 4.99 Å². The minimum absolute atomic E-state index is 0.508. The molecule has 2 aliphatic carbocycles. The van der Waals surface area contributed by atoms with Crippen LogP contribution in [-0.4, -0.2) is 43.5 Å². The summed E-state index contributed by atoms with van der Waals surface area (Å²) in [5.74, 6) is 1.02. The second-order valence-electron chi connectivity index (χ2n) is 8.89. The van der Waals surface area contributed by atoms with Gasteiger partial charge in [-0.3, -0.25) is 4.99 Å². The largest absolute Gasteiger partial charge is 0.390 e. The second kappa shape index (κ2) is 9.97. The van der Waals surface area contributed by atoms with Gasteiger partial charge in [-0.05, 0) is 82.5 Å². The predicted molar refractivity (Wildman–Crippen MR) is 130 cm³/mol. The van der Waals surface area contributed by atoms with Gasteiger partial charge in [-0.25, -0.2) is 0 Å². The first-order valence-electron chi connectivity index (χ1n) is 11.5. The molecule has 1 heterocycles. The highest BCUT2D eigenvalue weighted by molar-refractivity contribution is 7.16. The number of nitrogens with zero attached hydrogens (tertiary/aromatic N) is 2. The molecule has 2 aromatic rings. The fraction of sp³-hybridized carbons (Fsp3) is 0.560. The maximum Gasteiger partial charge on any atom is 0.131 e. The molecule has 30 heavy (non-hydrogen) atoms. The molecule has 0 bridgehead atoms. The number of anilines is 1. The summed E-state index contributed by atoms with van der Waals surface area (Å²) in [4.78, 5) is 8.67. The van der Waals surface area contributed by atoms with Crippen LogP contribution < -0.4 is 11.1 Å². The summed E-state index contributed by atoms with van der Waals surface area (Å²) in [5, 5.41) is 4.70. The van der Waals surface area contributed by atoms with E-state index < -0.39 is 0 Å². The summed E-state index contributed by atoms with van der Waals surface area (Å²) in [6, 6.07) is 12.1. The average Bonchev–Trinajstić information content (AvgIpc) is 3.33. The molecule has 4 rings (SSSR count). The monoisotopic (exact) mass is 424 g/mol. The molecule has 3 N–H and O–H groups in total. The predicted octanol–water partition coefficient (Wildman–Crippen LogP) is 4.66. The Hall–Kier alpha value is -1.85. The molecule has 1 fully saturated rings. The van der Waals surface area contributed by atoms with Gasteiger partial charge in [0.2, 0.25) is 0 Å². The van der Waals surface area contributed by atoms with Crippen LogP contribution in [0, 0.1) is 0 Å². The minimum Gasteiger partial charge on any atom is -0.390 e. The van der Waals surface area contributed by atoms with Gasteiger partial charge < -0.3 is 16.0 Å². The van der Waals surface area contributed by atoms with Crippen LogP contribution >= 0.6 is 11.3 Å². The lowest BCUT2D eigenvalue weighted by Crippen LogP contribution is -2.43. The fourth-order valence-electron chi connectivity index (χ4n) is 5.15. The minimum atomic E-state index is 0.508. The smallest absolute Gasteiger partial charge is 0.131 e. The molecule has 1 aromatic carbocycles. The van der Waals surface area contributed by atoms with Crippen LogP contribution in [0.2, 0.25) is 0 Å². The summed E-state index contributed by atoms with van der Waals surface area (Å²) in [6.07, 6.45) is 10.9. The van der Waals surface area contributed by atoms with E-state index >= 15 is 0 Å². The zero-order chi connectivity index (χ0) is 20.9. The Morgan fingerprint density at radius 3 is 2.67 bits per heavy atom. The second-order valence-corrected chi connectivity index (χ2v) is 10.0. The van der Waals surface area contributed by atoms with Gasteiger partial charge in [-0.1, -0.05) is 30.3 Å². The van der Waals surface area contributed by atoms with E-state index in [0.29, 0.717) is 12.1 Å². The van der Waals surface area contributed by atoms with E-state index in [2.05, 4.69) is 52.6 Å². The molecule has 0 amide bonds. The molecule has 0 spiro atoms. The maximum atomic E-state index is 6.37. The summed E-state index contributed by atoms with van der Waals surface area (Å²) in [7, 11) is 4.20. The van der Waals surface area contributed by atoms with Crippen molar-refractivity contribution in [1.82, 2.24) is 10.2 Å². The van der Waals surface area contributed by atoms with Crippen LogP contribution in [0.5, 0.6) is 0 Å². The number of hydrogen-bond donors (Lipinski definition) is 2. The lowest BCUT2D eigenvalue weighted by molar-refractivity contribution is 0.177. The Balaban J connectivity index is 1.25. The maximum absolute atomic E-state index is 6.37. The lowest BCUT2D eigenvalue weighted by atomic mass is 9.90. The van der Waals surface area contributed by atoms with Gasteiger partial charge in [0.05, 0.1) is 10.6 Å². The number of nitrogens with two attached hydrogens (primary N) is 1. The van der Waals surface area contributed by atoms with Crippen molar-refractivity contribution in [2.75, 3.05) is 26.4 Å². The molecule has 1 saturated carbocycles. The highest BCUT2D eigenvalue weighted by Crippen LogP contribution is 2.37. The van der Waals surface area contributed by atoms with Crippen LogP contribution in [-0.2, 0) is 19.3 Å². The van der Waals surface area contributed by atoms with E-state index in [1.54, 1.807) is 11.3 Å². The topological polar surface area (TPSA) is 53.7 Å². The normalized spacial score (nSPS) is 21.8. The zero-order valence-electron chi connectivity index (χ0n) is 18.5. The van der Waals surface area contributed by atoms with E-state index in [1.165, 1.54) is 79.5 Å². The van der Waals surface area contributed by atoms with Gasteiger partial charge in [0, 0.05) is 24.0 Å². The molecule has 4 nitrogen and oxygen atoms in total. The number of thiophene rings is 1. The van der Waals surface area contributed by atoms with E-state index in [9.17, 15) is 0 Å². The molecule has 1 aromatic heterocycles. The van der Waals surface area contributed by atoms with Crippen LogP contribution in [0.3, 0.4) is 0 Å². The van der Waals surface area contributed by atoms with Crippen molar-refractivity contribution in [2.45, 2.75) is 69.9 Å². The van der Waals surface area contributed by atoms with Gasteiger partial charge in [0.1, 0.15) is 5.84 Å². The van der Waals surface area contributed by atoms with Crippen molar-refractivity contribution in [3.63, 3.8) is 0 Å². The number of aryl methyl sites for hydroxylation is 2. The standard InChI is InChI=1S/C25H36N4S/c1-27-25(23-21-11-6-12-22(21)30-24(23)26)28-19-13-15-20(16-14-19)29(2)17-7-10-18-8-4-3-5-9-18/h3-5,8-9,19-20H,6-7,10-17,26H2,1-2H3,(H,27,28). The molecular formula is C25H36N4S. The number of nitrogen functional groups attached to an aromatic ring is 1. The SMILES string of the molecule is CN=C(NC1CCC(N(C)CCCc2ccccc2)CC1)c1c(N)sc2c1CCC2. The highest BCUT2D eigenvalue weighted by atomic mass is 32.1. The average molecular weight is 425 g/mol. The first-order valence-corrected chi connectivity index (χ1v) is 12.3. The summed E-state index contributed by atoms with van der Waals surface area (Å²) in [6.45, 7) is 1.18. The Bertz CT molecular complexity index is 850. The van der Waals surface area contributed by atoms with Gasteiger partial charge in [-0.15, -0.1) is 11.3 Å². The molecule has 0 unspecified atom stereocenters.